The fourth-order valence-electron chi connectivity index (χ4n) is 5.00. The van der Waals surface area contributed by atoms with Gasteiger partial charge in [0.2, 0.25) is 5.91 Å². The van der Waals surface area contributed by atoms with Gasteiger partial charge in [0.25, 0.3) is 0 Å². The van der Waals surface area contributed by atoms with Crippen LogP contribution in [0.15, 0.2) is 0 Å². The molecule has 19 heavy (non-hydrogen) atoms. The Kier molecular flexibility index (Phi) is 3.70. The van der Waals surface area contributed by atoms with Crippen LogP contribution in [0.25, 0.3) is 0 Å². The molecule has 4 fully saturated rings. The van der Waals surface area contributed by atoms with Crippen molar-refractivity contribution < 1.29 is 4.79 Å². The van der Waals surface area contributed by atoms with E-state index in [1.807, 2.05) is 0 Å². The van der Waals surface area contributed by atoms with Gasteiger partial charge in [-0.1, -0.05) is 29.8 Å². The Morgan fingerprint density at radius 2 is 1.63 bits per heavy atom. The van der Waals surface area contributed by atoms with Crippen LogP contribution in [0.4, 0.5) is 0 Å². The van der Waals surface area contributed by atoms with Gasteiger partial charge in [-0.3, -0.25) is 4.79 Å². The van der Waals surface area contributed by atoms with E-state index < -0.39 is 0 Å². The van der Waals surface area contributed by atoms with Crippen molar-refractivity contribution in [3.05, 3.63) is 0 Å². The van der Waals surface area contributed by atoms with Crippen LogP contribution in [-0.4, -0.2) is 17.3 Å². The highest BCUT2D eigenvalue weighted by Crippen LogP contribution is 2.60. The second kappa shape index (κ2) is 5.05. The maximum absolute atomic E-state index is 12.7. The molecule has 4 bridgehead atoms. The van der Waals surface area contributed by atoms with Crippen molar-refractivity contribution in [1.29, 1.82) is 0 Å². The lowest BCUT2D eigenvalue weighted by Gasteiger charge is -2.55. The summed E-state index contributed by atoms with van der Waals surface area (Å²) in [6.07, 6.45) is 7.71. The van der Waals surface area contributed by atoms with E-state index in [4.69, 9.17) is 0 Å². The number of carbonyl (C=O) groups is 1. The predicted molar refractivity (Wildman–Crippen MR) is 81.2 cm³/mol. The van der Waals surface area contributed by atoms with Gasteiger partial charge in [-0.25, -0.2) is 0 Å². The van der Waals surface area contributed by atoms with E-state index in [1.165, 1.54) is 38.5 Å². The van der Waals surface area contributed by atoms with Crippen LogP contribution >= 0.6 is 15.9 Å². The molecule has 4 saturated carbocycles. The first kappa shape index (κ1) is 13.9. The fraction of sp³-hybridized carbons (Fsp3) is 0.938. The molecule has 1 atom stereocenters. The molecule has 1 N–H and O–H groups in total. The highest BCUT2D eigenvalue weighted by molar-refractivity contribution is 9.09. The van der Waals surface area contributed by atoms with Gasteiger partial charge in [0.1, 0.15) is 0 Å². The molecule has 108 valence electrons. The summed E-state index contributed by atoms with van der Waals surface area (Å²) in [4.78, 5) is 13.1. The van der Waals surface area contributed by atoms with Gasteiger partial charge in [0.15, 0.2) is 0 Å². The zero-order valence-electron chi connectivity index (χ0n) is 12.1. The standard InChI is InChI=1S/C16H26BrNO/c1-10(2)14(17)9-18-15(19)16-6-11-3-12(7-16)5-13(4-11)8-16/h10-14H,3-9H2,1-2H3,(H,18,19). The van der Waals surface area contributed by atoms with E-state index in [0.29, 0.717) is 16.7 Å². The maximum Gasteiger partial charge on any atom is 0.226 e. The molecule has 0 aromatic rings. The molecule has 0 radical (unpaired) electrons. The second-order valence-electron chi connectivity index (χ2n) is 7.67. The van der Waals surface area contributed by atoms with Crippen molar-refractivity contribution in [3.8, 4) is 0 Å². The molecule has 3 heteroatoms. The van der Waals surface area contributed by atoms with E-state index >= 15 is 0 Å². The summed E-state index contributed by atoms with van der Waals surface area (Å²) >= 11 is 3.67. The van der Waals surface area contributed by atoms with Crippen LogP contribution in [-0.2, 0) is 4.79 Å². The first-order valence-electron chi connectivity index (χ1n) is 7.91. The van der Waals surface area contributed by atoms with Crippen LogP contribution in [0.3, 0.4) is 0 Å². The summed E-state index contributed by atoms with van der Waals surface area (Å²) in [6.45, 7) is 5.16. The largest absolute Gasteiger partial charge is 0.354 e. The van der Waals surface area contributed by atoms with E-state index in [-0.39, 0.29) is 5.41 Å². The van der Waals surface area contributed by atoms with Gasteiger partial charge in [0, 0.05) is 16.8 Å². The minimum absolute atomic E-state index is 0.0124. The molecule has 4 rings (SSSR count). The zero-order chi connectivity index (χ0) is 13.6. The lowest BCUT2D eigenvalue weighted by Crippen LogP contribution is -2.54. The maximum atomic E-state index is 12.7. The molecular weight excluding hydrogens is 302 g/mol. The van der Waals surface area contributed by atoms with Crippen LogP contribution in [0.5, 0.6) is 0 Å². The summed E-state index contributed by atoms with van der Waals surface area (Å²) in [5.41, 5.74) is 0.0124. The third-order valence-corrected chi connectivity index (χ3v) is 7.08. The number of carbonyl (C=O) groups excluding carboxylic acids is 1. The number of nitrogens with one attached hydrogen (secondary N) is 1. The van der Waals surface area contributed by atoms with Crippen LogP contribution in [0.2, 0.25) is 0 Å². The van der Waals surface area contributed by atoms with Gasteiger partial charge in [-0.05, 0) is 62.2 Å². The molecule has 0 aliphatic heterocycles. The van der Waals surface area contributed by atoms with Gasteiger partial charge >= 0.3 is 0 Å². The average molecular weight is 328 g/mol. The fourth-order valence-corrected chi connectivity index (χ4v) is 5.16. The number of hydrogen-bond acceptors (Lipinski definition) is 1. The summed E-state index contributed by atoms with van der Waals surface area (Å²) in [5, 5.41) is 3.23. The summed E-state index contributed by atoms with van der Waals surface area (Å²) in [7, 11) is 0. The molecule has 4 aliphatic rings. The third-order valence-electron chi connectivity index (χ3n) is 5.70. The lowest BCUT2D eigenvalue weighted by atomic mass is 9.49. The lowest BCUT2D eigenvalue weighted by molar-refractivity contribution is -0.146. The smallest absolute Gasteiger partial charge is 0.226 e. The molecule has 0 saturated heterocycles. The quantitative estimate of drug-likeness (QED) is 0.783. The van der Waals surface area contributed by atoms with Gasteiger partial charge in [0.05, 0.1) is 0 Å². The average Bonchev–Trinajstić information content (AvgIpc) is 2.33. The van der Waals surface area contributed by atoms with Crippen molar-refractivity contribution >= 4 is 21.8 Å². The molecule has 4 aliphatic carbocycles. The number of amides is 1. The van der Waals surface area contributed by atoms with Gasteiger partial charge in [-0.2, -0.15) is 0 Å². The molecule has 0 aromatic heterocycles. The SMILES string of the molecule is CC(C)C(Br)CNC(=O)C12CC3CC(CC(C3)C1)C2. The summed E-state index contributed by atoms with van der Waals surface area (Å²) in [5.74, 6) is 3.47. The molecule has 0 heterocycles. The van der Waals surface area contributed by atoms with E-state index in [2.05, 4.69) is 35.1 Å². The monoisotopic (exact) mass is 327 g/mol. The first-order chi connectivity index (χ1) is 8.98. The Morgan fingerprint density at radius 3 is 2.05 bits per heavy atom. The van der Waals surface area contributed by atoms with Crippen molar-refractivity contribution in [2.24, 2.45) is 29.1 Å². The predicted octanol–water partition coefficient (Wildman–Crippen LogP) is 3.74. The Balaban J connectivity index is 1.63. The molecule has 0 spiro atoms. The molecular formula is C16H26BrNO. The Hall–Kier alpha value is -0.0500. The highest BCUT2D eigenvalue weighted by atomic mass is 79.9. The topological polar surface area (TPSA) is 29.1 Å². The number of hydrogen-bond donors (Lipinski definition) is 1. The molecule has 1 amide bonds. The molecule has 1 unspecified atom stereocenters. The number of halogens is 1. The van der Waals surface area contributed by atoms with Crippen molar-refractivity contribution in [1.82, 2.24) is 5.32 Å². The Morgan fingerprint density at radius 1 is 1.16 bits per heavy atom. The minimum Gasteiger partial charge on any atom is -0.354 e. The molecule has 0 aromatic carbocycles. The van der Waals surface area contributed by atoms with Crippen LogP contribution < -0.4 is 5.32 Å². The van der Waals surface area contributed by atoms with E-state index in [1.54, 1.807) is 0 Å². The Labute approximate surface area is 125 Å². The number of alkyl halides is 1. The third kappa shape index (κ3) is 2.59. The first-order valence-corrected chi connectivity index (χ1v) is 8.82. The van der Waals surface area contributed by atoms with Crippen molar-refractivity contribution in [2.45, 2.75) is 57.2 Å². The minimum atomic E-state index is 0.0124. The highest BCUT2D eigenvalue weighted by Gasteiger charge is 2.54. The zero-order valence-corrected chi connectivity index (χ0v) is 13.7. The van der Waals surface area contributed by atoms with Crippen LogP contribution in [0, 0.1) is 29.1 Å². The van der Waals surface area contributed by atoms with Crippen molar-refractivity contribution in [3.63, 3.8) is 0 Å². The van der Waals surface area contributed by atoms with Gasteiger partial charge < -0.3 is 5.32 Å². The van der Waals surface area contributed by atoms with E-state index in [9.17, 15) is 4.79 Å². The number of rotatable bonds is 4. The van der Waals surface area contributed by atoms with Crippen LogP contribution in [0.1, 0.15) is 52.4 Å². The molecule has 2 nitrogen and oxygen atoms in total. The normalized spacial score (nSPS) is 41.6. The van der Waals surface area contributed by atoms with Crippen molar-refractivity contribution in [2.75, 3.05) is 6.54 Å². The van der Waals surface area contributed by atoms with Gasteiger partial charge in [-0.15, -0.1) is 0 Å². The Bertz CT molecular complexity index is 330. The van der Waals surface area contributed by atoms with E-state index in [0.717, 1.165) is 24.3 Å². The summed E-state index contributed by atoms with van der Waals surface area (Å²) < 4.78 is 0. The summed E-state index contributed by atoms with van der Waals surface area (Å²) in [6, 6.07) is 0. The second-order valence-corrected chi connectivity index (χ2v) is 8.84.